The minimum atomic E-state index is -1.14. The highest BCUT2D eigenvalue weighted by molar-refractivity contribution is 5.89. The van der Waals surface area contributed by atoms with Crippen molar-refractivity contribution < 1.29 is 14.6 Å². The Morgan fingerprint density at radius 3 is 2.37 bits per heavy atom. The molecule has 3 aromatic heterocycles. The maximum absolute atomic E-state index is 12.9. The van der Waals surface area contributed by atoms with Crippen LogP contribution in [0.25, 0.3) is 22.2 Å². The number of aryl methyl sites for hydroxylation is 4. The Bertz CT molecular complexity index is 1810. The molecule has 4 aromatic rings. The molecule has 1 saturated heterocycles. The van der Waals surface area contributed by atoms with Gasteiger partial charge in [0.25, 0.3) is 0 Å². The van der Waals surface area contributed by atoms with E-state index in [-0.39, 0.29) is 5.41 Å². The summed E-state index contributed by atoms with van der Waals surface area (Å²) in [6, 6.07) is 6.68. The summed E-state index contributed by atoms with van der Waals surface area (Å²) in [4.78, 5) is 32.0. The fourth-order valence-electron chi connectivity index (χ4n) is 7.00. The fraction of sp³-hybridized carbons (Fsp3) is 0.528. The summed E-state index contributed by atoms with van der Waals surface area (Å²) in [6.07, 6.45) is 3.62. The molecule has 2 aliphatic heterocycles. The van der Waals surface area contributed by atoms with Gasteiger partial charge >= 0.3 is 5.97 Å². The van der Waals surface area contributed by atoms with Crippen molar-refractivity contribution in [3.8, 4) is 11.1 Å². The third kappa shape index (κ3) is 6.07. The molecule has 1 N–H and O–H groups in total. The van der Waals surface area contributed by atoms with E-state index in [1.807, 2.05) is 54.8 Å². The Hall–Kier alpha value is -4.05. The molecule has 0 saturated carbocycles. The number of pyridine rings is 1. The molecule has 0 unspecified atom stereocenters. The number of hydrogen-bond acceptors (Lipinski definition) is 8. The number of hydrogen-bond donors (Lipinski definition) is 1. The number of anilines is 2. The number of fused-ring (bicyclic) bond motifs is 2. The highest BCUT2D eigenvalue weighted by atomic mass is 16.5. The lowest BCUT2D eigenvalue weighted by Crippen LogP contribution is -2.39. The zero-order valence-electron chi connectivity index (χ0n) is 28.7. The van der Waals surface area contributed by atoms with Gasteiger partial charge in [-0.1, -0.05) is 32.0 Å². The summed E-state index contributed by atoms with van der Waals surface area (Å²) in [5.41, 5.74) is 8.23. The van der Waals surface area contributed by atoms with Gasteiger partial charge in [0, 0.05) is 55.7 Å². The fourth-order valence-corrected chi connectivity index (χ4v) is 7.00. The van der Waals surface area contributed by atoms with Gasteiger partial charge in [0.15, 0.2) is 11.8 Å². The van der Waals surface area contributed by atoms with Crippen molar-refractivity contribution >= 4 is 28.5 Å². The summed E-state index contributed by atoms with van der Waals surface area (Å²) in [5, 5.41) is 15.9. The topological polar surface area (TPSA) is 109 Å². The summed E-state index contributed by atoms with van der Waals surface area (Å²) in [7, 11) is 1.91. The largest absolute Gasteiger partial charge is 0.479 e. The van der Waals surface area contributed by atoms with E-state index in [0.717, 1.165) is 90.6 Å². The molecule has 0 bridgehead atoms. The van der Waals surface area contributed by atoms with Gasteiger partial charge < -0.3 is 19.6 Å². The van der Waals surface area contributed by atoms with Crippen molar-refractivity contribution in [2.45, 2.75) is 92.9 Å². The molecule has 0 amide bonds. The van der Waals surface area contributed by atoms with Crippen LogP contribution in [0.1, 0.15) is 87.5 Å². The van der Waals surface area contributed by atoms with Crippen LogP contribution < -0.4 is 9.80 Å². The molecule has 0 aliphatic carbocycles. The second-order valence-corrected chi connectivity index (χ2v) is 14.8. The Kier molecular flexibility index (Phi) is 8.07. The van der Waals surface area contributed by atoms with Gasteiger partial charge in [-0.25, -0.2) is 14.8 Å². The summed E-state index contributed by atoms with van der Waals surface area (Å²) in [6.45, 7) is 19.5. The van der Waals surface area contributed by atoms with Crippen molar-refractivity contribution in [3.05, 3.63) is 58.3 Å². The van der Waals surface area contributed by atoms with Crippen molar-refractivity contribution in [2.24, 2.45) is 12.5 Å². The molecule has 1 fully saturated rings. The van der Waals surface area contributed by atoms with Crippen molar-refractivity contribution in [3.63, 3.8) is 0 Å². The van der Waals surface area contributed by atoms with Crippen molar-refractivity contribution in [1.29, 1.82) is 0 Å². The minimum Gasteiger partial charge on any atom is -0.479 e. The normalized spacial score (nSPS) is 17.3. The second kappa shape index (κ2) is 11.6. The minimum absolute atomic E-state index is 0.239. The van der Waals surface area contributed by atoms with Gasteiger partial charge in [-0.05, 0) is 82.9 Å². The summed E-state index contributed by atoms with van der Waals surface area (Å²) < 4.78 is 8.06. The van der Waals surface area contributed by atoms with Crippen LogP contribution in [0.3, 0.4) is 0 Å². The second-order valence-electron chi connectivity index (χ2n) is 14.8. The summed E-state index contributed by atoms with van der Waals surface area (Å²) >= 11 is 0. The first-order valence-corrected chi connectivity index (χ1v) is 16.3. The predicted molar refractivity (Wildman–Crippen MR) is 181 cm³/mol. The predicted octanol–water partition coefficient (Wildman–Crippen LogP) is 6.48. The Labute approximate surface area is 271 Å². The van der Waals surface area contributed by atoms with E-state index in [0.29, 0.717) is 11.3 Å². The standard InChI is InChI=1S/C36H47N7O3/c1-21-28(30(42-16-13-36(7,8)14-17-42)29(22(2)38-21)31(34(44)45)46-35(4,5)6)25-10-11-26-20-43(15-12-24(26)18-25)33-27-19-37-41(9)32(27)39-23(3)40-33/h10-11,18-19,31H,12-17,20H2,1-9H3,(H,44,45)/t31-/m0/s1. The number of carboxylic acids is 1. The van der Waals surface area contributed by atoms with Gasteiger partial charge in [-0.3, -0.25) is 9.67 Å². The highest BCUT2D eigenvalue weighted by Gasteiger charge is 2.36. The molecule has 6 rings (SSSR count). The molecule has 1 atom stereocenters. The molecule has 10 nitrogen and oxygen atoms in total. The lowest BCUT2D eigenvalue weighted by molar-refractivity contribution is -0.160. The number of carboxylic acid groups (broad SMARTS) is 1. The van der Waals surface area contributed by atoms with E-state index >= 15 is 0 Å². The van der Waals surface area contributed by atoms with Crippen LogP contribution in [0, 0.1) is 26.2 Å². The third-order valence-corrected chi connectivity index (χ3v) is 9.46. The van der Waals surface area contributed by atoms with Gasteiger partial charge in [0.05, 0.1) is 22.9 Å². The molecule has 0 radical (unpaired) electrons. The van der Waals surface area contributed by atoms with E-state index in [9.17, 15) is 9.90 Å². The van der Waals surface area contributed by atoms with E-state index in [1.54, 1.807) is 4.68 Å². The zero-order chi connectivity index (χ0) is 33.1. The number of piperidine rings is 1. The van der Waals surface area contributed by atoms with E-state index in [4.69, 9.17) is 14.7 Å². The zero-order valence-corrected chi connectivity index (χ0v) is 28.7. The summed E-state index contributed by atoms with van der Waals surface area (Å²) in [5.74, 6) is 0.651. The molecule has 5 heterocycles. The van der Waals surface area contributed by atoms with Crippen LogP contribution in [0.4, 0.5) is 11.5 Å². The first-order chi connectivity index (χ1) is 21.6. The molecule has 2 aliphatic rings. The van der Waals surface area contributed by atoms with Crippen LogP contribution in [-0.2, 0) is 29.5 Å². The number of benzene rings is 1. The van der Waals surface area contributed by atoms with Gasteiger partial charge in [0.2, 0.25) is 0 Å². The van der Waals surface area contributed by atoms with Crippen molar-refractivity contribution in [2.75, 3.05) is 29.4 Å². The lowest BCUT2D eigenvalue weighted by Gasteiger charge is -2.41. The number of carbonyl (C=O) groups is 1. The first kappa shape index (κ1) is 31.9. The maximum Gasteiger partial charge on any atom is 0.337 e. The van der Waals surface area contributed by atoms with Crippen LogP contribution >= 0.6 is 0 Å². The van der Waals surface area contributed by atoms with E-state index in [1.165, 1.54) is 11.1 Å². The van der Waals surface area contributed by atoms with Gasteiger partial charge in [0.1, 0.15) is 11.6 Å². The van der Waals surface area contributed by atoms with E-state index in [2.05, 4.69) is 51.9 Å². The number of aliphatic carboxylic acids is 1. The molecular formula is C36H47N7O3. The molecule has 0 spiro atoms. The van der Waals surface area contributed by atoms with Gasteiger partial charge in [-0.2, -0.15) is 5.10 Å². The van der Waals surface area contributed by atoms with Crippen LogP contribution in [0.15, 0.2) is 24.4 Å². The highest BCUT2D eigenvalue weighted by Crippen LogP contribution is 2.45. The maximum atomic E-state index is 12.9. The van der Waals surface area contributed by atoms with Crippen LogP contribution in [-0.4, -0.2) is 61.0 Å². The first-order valence-electron chi connectivity index (χ1n) is 16.3. The van der Waals surface area contributed by atoms with Crippen LogP contribution in [0.5, 0.6) is 0 Å². The number of rotatable bonds is 6. The Morgan fingerprint density at radius 1 is 0.978 bits per heavy atom. The van der Waals surface area contributed by atoms with Crippen molar-refractivity contribution in [1.82, 2.24) is 24.7 Å². The quantitative estimate of drug-likeness (QED) is 0.257. The average molecular weight is 626 g/mol. The molecular weight excluding hydrogens is 578 g/mol. The van der Waals surface area contributed by atoms with Gasteiger partial charge in [-0.15, -0.1) is 0 Å². The van der Waals surface area contributed by atoms with E-state index < -0.39 is 17.7 Å². The Balaban J connectivity index is 1.44. The smallest absolute Gasteiger partial charge is 0.337 e. The number of nitrogens with zero attached hydrogens (tertiary/aromatic N) is 7. The third-order valence-electron chi connectivity index (χ3n) is 9.46. The van der Waals surface area contributed by atoms with Crippen LogP contribution in [0.2, 0.25) is 0 Å². The number of aromatic nitrogens is 5. The Morgan fingerprint density at radius 2 is 1.70 bits per heavy atom. The molecule has 10 heteroatoms. The lowest BCUT2D eigenvalue weighted by atomic mass is 9.81. The number of ether oxygens (including phenoxy) is 1. The molecule has 46 heavy (non-hydrogen) atoms. The monoisotopic (exact) mass is 625 g/mol. The SMILES string of the molecule is Cc1nc(N2CCc3cc(-c4c(C)nc(C)c([C@H](OC(C)(C)C)C(=O)O)c4N4CCC(C)(C)CC4)ccc3C2)c2cnn(C)c2n1. The molecule has 244 valence electrons. The average Bonchev–Trinajstić information content (AvgIpc) is 3.34. The molecule has 1 aromatic carbocycles.